The lowest BCUT2D eigenvalue weighted by molar-refractivity contribution is 0.314. The second-order valence-corrected chi connectivity index (χ2v) is 3.98. The molecule has 0 saturated carbocycles. The molecule has 0 amide bonds. The lowest BCUT2D eigenvalue weighted by Gasteiger charge is -2.05. The third-order valence-corrected chi connectivity index (χ3v) is 2.94. The zero-order valence-corrected chi connectivity index (χ0v) is 9.86. The highest BCUT2D eigenvalue weighted by molar-refractivity contribution is 5.88. The predicted octanol–water partition coefficient (Wildman–Crippen LogP) is 2.21. The summed E-state index contributed by atoms with van der Waals surface area (Å²) in [5.41, 5.74) is 7.84. The van der Waals surface area contributed by atoms with Crippen molar-refractivity contribution in [3.05, 3.63) is 30.0 Å². The second kappa shape index (κ2) is 4.58. The SMILES string of the molecule is Cc1c(OCCCN)c2ccccc2n1C. The molecule has 3 heteroatoms. The fourth-order valence-corrected chi connectivity index (χ4v) is 1.93. The number of fused-ring (bicyclic) bond motifs is 1. The van der Waals surface area contributed by atoms with Gasteiger partial charge in [0.15, 0.2) is 0 Å². The van der Waals surface area contributed by atoms with Crippen LogP contribution >= 0.6 is 0 Å². The number of rotatable bonds is 4. The molecule has 0 aliphatic rings. The van der Waals surface area contributed by atoms with E-state index in [1.807, 2.05) is 12.1 Å². The fraction of sp³-hybridized carbons (Fsp3) is 0.385. The van der Waals surface area contributed by atoms with Crippen molar-refractivity contribution in [2.24, 2.45) is 12.8 Å². The Morgan fingerprint density at radius 2 is 2.06 bits per heavy atom. The summed E-state index contributed by atoms with van der Waals surface area (Å²) in [6.07, 6.45) is 0.892. The van der Waals surface area contributed by atoms with Crippen LogP contribution in [0.1, 0.15) is 12.1 Å². The molecule has 86 valence electrons. The number of benzene rings is 1. The molecule has 0 bridgehead atoms. The molecule has 0 aliphatic heterocycles. The normalized spacial score (nSPS) is 10.9. The van der Waals surface area contributed by atoms with E-state index in [1.54, 1.807) is 0 Å². The van der Waals surface area contributed by atoms with E-state index in [-0.39, 0.29) is 0 Å². The lowest BCUT2D eigenvalue weighted by atomic mass is 10.2. The van der Waals surface area contributed by atoms with Gasteiger partial charge in [-0.2, -0.15) is 0 Å². The predicted molar refractivity (Wildman–Crippen MR) is 66.8 cm³/mol. The van der Waals surface area contributed by atoms with Crippen LogP contribution in [0.2, 0.25) is 0 Å². The highest BCUT2D eigenvalue weighted by Crippen LogP contribution is 2.31. The summed E-state index contributed by atoms with van der Waals surface area (Å²) in [5.74, 6) is 0.992. The number of nitrogens with two attached hydrogens (primary N) is 1. The van der Waals surface area contributed by atoms with Crippen molar-refractivity contribution in [1.29, 1.82) is 0 Å². The first-order valence-electron chi connectivity index (χ1n) is 5.62. The van der Waals surface area contributed by atoms with E-state index in [0.29, 0.717) is 13.2 Å². The van der Waals surface area contributed by atoms with Gasteiger partial charge < -0.3 is 15.0 Å². The van der Waals surface area contributed by atoms with Crippen LogP contribution in [0.3, 0.4) is 0 Å². The summed E-state index contributed by atoms with van der Waals surface area (Å²) in [4.78, 5) is 0. The summed E-state index contributed by atoms with van der Waals surface area (Å²) in [6, 6.07) is 8.29. The van der Waals surface area contributed by atoms with Crippen LogP contribution in [0.25, 0.3) is 10.9 Å². The standard InChI is InChI=1S/C13H18N2O/c1-10-13(16-9-5-8-14)11-6-3-4-7-12(11)15(10)2/h3-4,6-7H,5,8-9,14H2,1-2H3. The molecule has 0 fully saturated rings. The molecular formula is C13H18N2O. The first-order valence-corrected chi connectivity index (χ1v) is 5.62. The molecule has 1 heterocycles. The Kier molecular flexibility index (Phi) is 3.15. The number of hydrogen-bond acceptors (Lipinski definition) is 2. The first-order chi connectivity index (χ1) is 7.75. The van der Waals surface area contributed by atoms with E-state index < -0.39 is 0 Å². The minimum atomic E-state index is 0.670. The quantitative estimate of drug-likeness (QED) is 0.799. The number of para-hydroxylation sites is 1. The lowest BCUT2D eigenvalue weighted by Crippen LogP contribution is -2.06. The van der Waals surface area contributed by atoms with Gasteiger partial charge in [-0.15, -0.1) is 0 Å². The van der Waals surface area contributed by atoms with Crippen LogP contribution in [0.5, 0.6) is 5.75 Å². The Bertz CT molecular complexity index is 488. The van der Waals surface area contributed by atoms with Gasteiger partial charge in [-0.1, -0.05) is 12.1 Å². The van der Waals surface area contributed by atoms with E-state index in [0.717, 1.165) is 12.2 Å². The largest absolute Gasteiger partial charge is 0.491 e. The van der Waals surface area contributed by atoms with Gasteiger partial charge in [0.2, 0.25) is 0 Å². The summed E-state index contributed by atoms with van der Waals surface area (Å²) in [7, 11) is 2.06. The Morgan fingerprint density at radius 1 is 1.31 bits per heavy atom. The first kappa shape index (κ1) is 11.0. The van der Waals surface area contributed by atoms with Gasteiger partial charge in [-0.25, -0.2) is 0 Å². The molecule has 1 aromatic heterocycles. The highest BCUT2D eigenvalue weighted by Gasteiger charge is 2.11. The molecule has 0 unspecified atom stereocenters. The number of aromatic nitrogens is 1. The zero-order chi connectivity index (χ0) is 11.5. The van der Waals surface area contributed by atoms with Crippen LogP contribution < -0.4 is 10.5 Å². The monoisotopic (exact) mass is 218 g/mol. The van der Waals surface area contributed by atoms with Gasteiger partial charge in [-0.3, -0.25) is 0 Å². The zero-order valence-electron chi connectivity index (χ0n) is 9.86. The minimum absolute atomic E-state index is 0.670. The number of aryl methyl sites for hydroxylation is 1. The summed E-state index contributed by atoms with van der Waals surface area (Å²) in [5, 5.41) is 1.18. The summed E-state index contributed by atoms with van der Waals surface area (Å²) >= 11 is 0. The van der Waals surface area contributed by atoms with Gasteiger partial charge in [0.05, 0.1) is 17.8 Å². The molecule has 2 N–H and O–H groups in total. The third-order valence-electron chi connectivity index (χ3n) is 2.94. The van der Waals surface area contributed by atoms with Crippen LogP contribution in [0.15, 0.2) is 24.3 Å². The molecule has 0 spiro atoms. The smallest absolute Gasteiger partial charge is 0.147 e. The van der Waals surface area contributed by atoms with Gasteiger partial charge in [0.25, 0.3) is 0 Å². The number of hydrogen-bond donors (Lipinski definition) is 1. The van der Waals surface area contributed by atoms with Crippen molar-refractivity contribution in [3.63, 3.8) is 0 Å². The summed E-state index contributed by atoms with van der Waals surface area (Å²) in [6.45, 7) is 3.44. The van der Waals surface area contributed by atoms with Crippen molar-refractivity contribution in [3.8, 4) is 5.75 Å². The van der Waals surface area contributed by atoms with Crippen molar-refractivity contribution in [2.45, 2.75) is 13.3 Å². The molecular weight excluding hydrogens is 200 g/mol. The highest BCUT2D eigenvalue weighted by atomic mass is 16.5. The topological polar surface area (TPSA) is 40.2 Å². The van der Waals surface area contributed by atoms with Crippen LogP contribution in [0, 0.1) is 6.92 Å². The Labute approximate surface area is 95.8 Å². The minimum Gasteiger partial charge on any atom is -0.491 e. The van der Waals surface area contributed by atoms with Crippen LogP contribution in [-0.4, -0.2) is 17.7 Å². The van der Waals surface area contributed by atoms with E-state index in [1.165, 1.54) is 16.6 Å². The molecule has 16 heavy (non-hydrogen) atoms. The van der Waals surface area contributed by atoms with Crippen molar-refractivity contribution in [1.82, 2.24) is 4.57 Å². The molecule has 0 radical (unpaired) electrons. The van der Waals surface area contributed by atoms with E-state index in [4.69, 9.17) is 10.5 Å². The van der Waals surface area contributed by atoms with Gasteiger partial charge in [-0.05, 0) is 32.0 Å². The summed E-state index contributed by atoms with van der Waals surface area (Å²) < 4.78 is 7.97. The van der Waals surface area contributed by atoms with Crippen molar-refractivity contribution < 1.29 is 4.74 Å². The van der Waals surface area contributed by atoms with Crippen molar-refractivity contribution >= 4 is 10.9 Å². The van der Waals surface area contributed by atoms with Gasteiger partial charge in [0, 0.05) is 12.4 Å². The fourth-order valence-electron chi connectivity index (χ4n) is 1.93. The molecule has 0 saturated heterocycles. The molecule has 3 nitrogen and oxygen atoms in total. The van der Waals surface area contributed by atoms with Crippen LogP contribution in [0.4, 0.5) is 0 Å². The average molecular weight is 218 g/mol. The van der Waals surface area contributed by atoms with E-state index >= 15 is 0 Å². The van der Waals surface area contributed by atoms with Gasteiger partial charge >= 0.3 is 0 Å². The number of ether oxygens (including phenoxy) is 1. The molecule has 0 atom stereocenters. The maximum Gasteiger partial charge on any atom is 0.147 e. The van der Waals surface area contributed by atoms with Gasteiger partial charge in [0.1, 0.15) is 5.75 Å². The Morgan fingerprint density at radius 3 is 2.81 bits per heavy atom. The van der Waals surface area contributed by atoms with Crippen LogP contribution in [-0.2, 0) is 7.05 Å². The molecule has 2 aromatic rings. The molecule has 2 rings (SSSR count). The second-order valence-electron chi connectivity index (χ2n) is 3.98. The number of nitrogens with zero attached hydrogens (tertiary/aromatic N) is 1. The average Bonchev–Trinajstić information content (AvgIpc) is 2.55. The Hall–Kier alpha value is -1.48. The molecule has 0 aliphatic carbocycles. The van der Waals surface area contributed by atoms with E-state index in [2.05, 4.69) is 30.7 Å². The maximum absolute atomic E-state index is 5.81. The maximum atomic E-state index is 5.81. The van der Waals surface area contributed by atoms with Crippen molar-refractivity contribution in [2.75, 3.05) is 13.2 Å². The molecule has 1 aromatic carbocycles. The Balaban J connectivity index is 2.39. The van der Waals surface area contributed by atoms with E-state index in [9.17, 15) is 0 Å². The third kappa shape index (κ3) is 1.78.